The van der Waals surface area contributed by atoms with Gasteiger partial charge in [0.15, 0.2) is 0 Å². The fourth-order valence-electron chi connectivity index (χ4n) is 3.68. The Labute approximate surface area is 164 Å². The summed E-state index contributed by atoms with van der Waals surface area (Å²) in [5.74, 6) is 3.26. The number of methoxy groups -OCH3 is 2. The number of nitrogens with zero attached hydrogens (tertiary/aromatic N) is 5. The molecule has 4 rings (SSSR count). The van der Waals surface area contributed by atoms with Gasteiger partial charge in [0.05, 0.1) is 14.2 Å². The summed E-state index contributed by atoms with van der Waals surface area (Å²) in [7, 11) is 3.33. The summed E-state index contributed by atoms with van der Waals surface area (Å²) < 4.78 is 12.6. The van der Waals surface area contributed by atoms with Crippen LogP contribution in [-0.4, -0.2) is 52.9 Å². The number of hydrogen-bond donors (Lipinski definition) is 1. The van der Waals surface area contributed by atoms with Crippen molar-refractivity contribution in [2.45, 2.75) is 32.2 Å². The first kappa shape index (κ1) is 18.3. The van der Waals surface area contributed by atoms with Gasteiger partial charge in [0.1, 0.15) is 23.6 Å². The highest BCUT2D eigenvalue weighted by molar-refractivity contribution is 5.55. The van der Waals surface area contributed by atoms with Crippen LogP contribution in [0.1, 0.15) is 25.5 Å². The number of hydrogen-bond acceptors (Lipinski definition) is 7. The van der Waals surface area contributed by atoms with Gasteiger partial charge in [-0.3, -0.25) is 0 Å². The van der Waals surface area contributed by atoms with E-state index in [9.17, 15) is 0 Å². The summed E-state index contributed by atoms with van der Waals surface area (Å²) in [6.07, 6.45) is 4.63. The second-order valence-corrected chi connectivity index (χ2v) is 6.96. The molecule has 0 aliphatic carbocycles. The summed E-state index contributed by atoms with van der Waals surface area (Å²) in [5, 5.41) is 8.01. The normalized spacial score (nSPS) is 17.0. The molecule has 0 saturated carbocycles. The number of benzene rings is 1. The molecule has 1 N–H and O–H groups in total. The molecule has 1 saturated heterocycles. The van der Waals surface area contributed by atoms with Crippen LogP contribution in [0.15, 0.2) is 30.6 Å². The average molecular weight is 382 g/mol. The SMILES string of the molecule is CCc1cc(N2CCCC(Nc3cc(OC)cc(OC)c3)C2)n2ncnc2n1. The van der Waals surface area contributed by atoms with Crippen LogP contribution in [0.4, 0.5) is 11.5 Å². The van der Waals surface area contributed by atoms with Gasteiger partial charge in [-0.05, 0) is 19.3 Å². The Bertz CT molecular complexity index is 935. The molecule has 3 aromatic rings. The van der Waals surface area contributed by atoms with Crippen LogP contribution in [0.2, 0.25) is 0 Å². The van der Waals surface area contributed by atoms with E-state index in [0.29, 0.717) is 11.8 Å². The van der Waals surface area contributed by atoms with Crippen molar-refractivity contribution in [2.24, 2.45) is 0 Å². The van der Waals surface area contributed by atoms with Crippen molar-refractivity contribution < 1.29 is 9.47 Å². The van der Waals surface area contributed by atoms with Gasteiger partial charge < -0.3 is 19.7 Å². The third-order valence-corrected chi connectivity index (χ3v) is 5.12. The third-order valence-electron chi connectivity index (χ3n) is 5.12. The molecule has 2 aromatic heterocycles. The van der Waals surface area contributed by atoms with Gasteiger partial charge in [-0.25, -0.2) is 4.98 Å². The average Bonchev–Trinajstić information content (AvgIpc) is 3.21. The van der Waals surface area contributed by atoms with Crippen molar-refractivity contribution in [1.82, 2.24) is 19.6 Å². The highest BCUT2D eigenvalue weighted by Gasteiger charge is 2.23. The topological polar surface area (TPSA) is 76.8 Å². The molecule has 8 heteroatoms. The minimum absolute atomic E-state index is 0.308. The predicted molar refractivity (Wildman–Crippen MR) is 109 cm³/mol. The number of rotatable bonds is 6. The van der Waals surface area contributed by atoms with E-state index in [4.69, 9.17) is 9.47 Å². The van der Waals surface area contributed by atoms with Gasteiger partial charge >= 0.3 is 0 Å². The lowest BCUT2D eigenvalue weighted by atomic mass is 10.0. The first-order chi connectivity index (χ1) is 13.7. The van der Waals surface area contributed by atoms with Gasteiger partial charge in [-0.2, -0.15) is 14.6 Å². The Morgan fingerprint density at radius 1 is 1.14 bits per heavy atom. The van der Waals surface area contributed by atoms with Crippen molar-refractivity contribution in [3.05, 3.63) is 36.3 Å². The van der Waals surface area contributed by atoms with E-state index >= 15 is 0 Å². The van der Waals surface area contributed by atoms with Crippen molar-refractivity contribution >= 4 is 17.3 Å². The van der Waals surface area contributed by atoms with Crippen molar-refractivity contribution in [3.8, 4) is 11.5 Å². The van der Waals surface area contributed by atoms with Crippen LogP contribution in [0.25, 0.3) is 5.78 Å². The zero-order chi connectivity index (χ0) is 19.5. The molecule has 148 valence electrons. The van der Waals surface area contributed by atoms with Gasteiger partial charge in [0.2, 0.25) is 0 Å². The molecule has 0 spiro atoms. The molecule has 1 aliphatic heterocycles. The standard InChI is InChI=1S/C20H26N6O2/c1-4-14-10-19(26-20(24-14)21-13-22-26)25-7-5-6-15(12-25)23-16-8-17(27-2)11-18(9-16)28-3/h8-11,13,15,23H,4-7,12H2,1-3H3. The number of aromatic nitrogens is 4. The van der Waals surface area contributed by atoms with Crippen LogP contribution >= 0.6 is 0 Å². The molecule has 1 aliphatic rings. The van der Waals surface area contributed by atoms with Crippen LogP contribution < -0.4 is 19.7 Å². The van der Waals surface area contributed by atoms with E-state index in [1.165, 1.54) is 0 Å². The summed E-state index contributed by atoms with van der Waals surface area (Å²) in [4.78, 5) is 11.2. The van der Waals surface area contributed by atoms with E-state index in [-0.39, 0.29) is 0 Å². The van der Waals surface area contributed by atoms with Crippen LogP contribution in [0.5, 0.6) is 11.5 Å². The Hall–Kier alpha value is -3.03. The third kappa shape index (κ3) is 3.67. The van der Waals surface area contributed by atoms with E-state index in [2.05, 4.69) is 38.3 Å². The quantitative estimate of drug-likeness (QED) is 0.702. The molecule has 8 nitrogen and oxygen atoms in total. The van der Waals surface area contributed by atoms with Gasteiger partial charge in [0.25, 0.3) is 5.78 Å². The Kier molecular flexibility index (Phi) is 5.18. The largest absolute Gasteiger partial charge is 0.497 e. The lowest BCUT2D eigenvalue weighted by Gasteiger charge is -2.35. The molecule has 0 radical (unpaired) electrons. The van der Waals surface area contributed by atoms with Crippen molar-refractivity contribution in [3.63, 3.8) is 0 Å². The first-order valence-electron chi connectivity index (χ1n) is 9.64. The molecule has 1 unspecified atom stereocenters. The fraction of sp³-hybridized carbons (Fsp3) is 0.450. The van der Waals surface area contributed by atoms with E-state index in [1.807, 2.05) is 22.7 Å². The molecule has 0 amide bonds. The molecule has 28 heavy (non-hydrogen) atoms. The highest BCUT2D eigenvalue weighted by atomic mass is 16.5. The van der Waals surface area contributed by atoms with Crippen LogP contribution in [0, 0.1) is 0 Å². The Morgan fingerprint density at radius 2 is 1.93 bits per heavy atom. The molecule has 0 bridgehead atoms. The smallest absolute Gasteiger partial charge is 0.254 e. The number of anilines is 2. The summed E-state index contributed by atoms with van der Waals surface area (Å²) in [6.45, 7) is 3.97. The van der Waals surface area contributed by atoms with E-state index in [0.717, 1.165) is 61.1 Å². The summed E-state index contributed by atoms with van der Waals surface area (Å²) in [5.41, 5.74) is 2.03. The Balaban J connectivity index is 1.56. The number of nitrogens with one attached hydrogen (secondary N) is 1. The maximum atomic E-state index is 5.39. The van der Waals surface area contributed by atoms with Crippen LogP contribution in [0.3, 0.4) is 0 Å². The minimum atomic E-state index is 0.308. The van der Waals surface area contributed by atoms with Crippen LogP contribution in [-0.2, 0) is 6.42 Å². The van der Waals surface area contributed by atoms with Gasteiger partial charge in [-0.1, -0.05) is 6.92 Å². The monoisotopic (exact) mass is 382 g/mol. The second kappa shape index (κ2) is 7.92. The molecule has 1 fully saturated rings. The summed E-state index contributed by atoms with van der Waals surface area (Å²) in [6, 6.07) is 8.31. The first-order valence-corrected chi connectivity index (χ1v) is 9.64. The van der Waals surface area contributed by atoms with E-state index < -0.39 is 0 Å². The lowest BCUT2D eigenvalue weighted by molar-refractivity contribution is 0.394. The Morgan fingerprint density at radius 3 is 2.64 bits per heavy atom. The molecule has 3 heterocycles. The fourth-order valence-corrected chi connectivity index (χ4v) is 3.68. The molecular weight excluding hydrogens is 356 g/mol. The van der Waals surface area contributed by atoms with Gasteiger partial charge in [0, 0.05) is 54.8 Å². The number of ether oxygens (including phenoxy) is 2. The van der Waals surface area contributed by atoms with Crippen molar-refractivity contribution in [1.29, 1.82) is 0 Å². The number of fused-ring (bicyclic) bond motifs is 1. The minimum Gasteiger partial charge on any atom is -0.497 e. The number of piperidine rings is 1. The maximum Gasteiger partial charge on any atom is 0.254 e. The van der Waals surface area contributed by atoms with Gasteiger partial charge in [-0.15, -0.1) is 0 Å². The van der Waals surface area contributed by atoms with Crippen molar-refractivity contribution in [2.75, 3.05) is 37.5 Å². The second-order valence-electron chi connectivity index (χ2n) is 6.96. The molecule has 1 atom stereocenters. The zero-order valence-electron chi connectivity index (χ0n) is 16.6. The predicted octanol–water partition coefficient (Wildman–Crippen LogP) is 2.78. The summed E-state index contributed by atoms with van der Waals surface area (Å²) >= 11 is 0. The molecular formula is C20H26N6O2. The van der Waals surface area contributed by atoms with E-state index in [1.54, 1.807) is 20.5 Å². The number of aryl methyl sites for hydroxylation is 1. The zero-order valence-corrected chi connectivity index (χ0v) is 16.6. The maximum absolute atomic E-state index is 5.39. The lowest BCUT2D eigenvalue weighted by Crippen LogP contribution is -2.43. The highest BCUT2D eigenvalue weighted by Crippen LogP contribution is 2.28. The molecule has 1 aromatic carbocycles.